The Labute approximate surface area is 123 Å². The Hall–Kier alpha value is -1.08. The number of likely N-dealkylation sites (tertiary alicyclic amines) is 1. The second-order valence-electron chi connectivity index (χ2n) is 4.88. The fraction of sp³-hybridized carbons (Fsp3) is 0.769. The van der Waals surface area contributed by atoms with Gasteiger partial charge in [-0.05, 0) is 12.8 Å². The van der Waals surface area contributed by atoms with Crippen LogP contribution in [0.25, 0.3) is 0 Å². The van der Waals surface area contributed by atoms with Crippen LogP contribution in [0.2, 0.25) is 0 Å². The van der Waals surface area contributed by atoms with Gasteiger partial charge in [-0.2, -0.15) is 0 Å². The van der Waals surface area contributed by atoms with Crippen molar-refractivity contribution in [2.45, 2.75) is 37.4 Å². The van der Waals surface area contributed by atoms with E-state index in [4.69, 9.17) is 4.74 Å². The van der Waals surface area contributed by atoms with Crippen LogP contribution in [0.15, 0.2) is 11.5 Å². The van der Waals surface area contributed by atoms with E-state index in [0.29, 0.717) is 18.9 Å². The van der Waals surface area contributed by atoms with Gasteiger partial charge in [-0.15, -0.1) is 10.2 Å². The van der Waals surface area contributed by atoms with Gasteiger partial charge in [0.05, 0.1) is 12.4 Å². The van der Waals surface area contributed by atoms with Crippen LogP contribution in [0.5, 0.6) is 0 Å². The van der Waals surface area contributed by atoms with E-state index in [1.165, 1.54) is 24.6 Å². The molecule has 0 radical (unpaired) electrons. The fourth-order valence-electron chi connectivity index (χ4n) is 2.24. The molecule has 1 amide bonds. The van der Waals surface area contributed by atoms with Crippen LogP contribution in [0.3, 0.4) is 0 Å². The van der Waals surface area contributed by atoms with E-state index >= 15 is 0 Å². The maximum absolute atomic E-state index is 12.2. The number of carbonyl (C=O) groups is 1. The molecule has 0 N–H and O–H groups in total. The molecule has 0 saturated carbocycles. The van der Waals surface area contributed by atoms with Crippen molar-refractivity contribution in [3.8, 4) is 0 Å². The number of aromatic nitrogens is 3. The van der Waals surface area contributed by atoms with Crippen molar-refractivity contribution < 1.29 is 9.53 Å². The van der Waals surface area contributed by atoms with Gasteiger partial charge in [0.1, 0.15) is 6.33 Å². The first-order valence-corrected chi connectivity index (χ1v) is 8.07. The van der Waals surface area contributed by atoms with Crippen molar-refractivity contribution in [3.63, 3.8) is 0 Å². The summed E-state index contributed by atoms with van der Waals surface area (Å²) in [6.07, 6.45) is 6.41. The fourth-order valence-corrected chi connectivity index (χ4v) is 3.08. The average molecular weight is 298 g/mol. The van der Waals surface area contributed by atoms with E-state index < -0.39 is 0 Å². The normalized spacial score (nSPS) is 16.1. The number of hydrogen-bond acceptors (Lipinski definition) is 5. The SMILES string of the molecule is COCCn1cnnc1SCC(=O)N1CCCCCC1. The lowest BCUT2D eigenvalue weighted by molar-refractivity contribution is -0.128. The van der Waals surface area contributed by atoms with Crippen LogP contribution in [0.4, 0.5) is 0 Å². The van der Waals surface area contributed by atoms with Gasteiger partial charge in [-0.25, -0.2) is 0 Å². The molecule has 0 bridgehead atoms. The smallest absolute Gasteiger partial charge is 0.233 e. The topological polar surface area (TPSA) is 60.2 Å². The van der Waals surface area contributed by atoms with Gasteiger partial charge >= 0.3 is 0 Å². The van der Waals surface area contributed by atoms with Crippen molar-refractivity contribution in [1.29, 1.82) is 0 Å². The molecule has 20 heavy (non-hydrogen) atoms. The van der Waals surface area contributed by atoms with E-state index in [2.05, 4.69) is 10.2 Å². The van der Waals surface area contributed by atoms with Gasteiger partial charge in [0, 0.05) is 26.7 Å². The summed E-state index contributed by atoms with van der Waals surface area (Å²) in [7, 11) is 1.67. The third-order valence-corrected chi connectivity index (χ3v) is 4.37. The lowest BCUT2D eigenvalue weighted by Crippen LogP contribution is -2.33. The highest BCUT2D eigenvalue weighted by molar-refractivity contribution is 7.99. The van der Waals surface area contributed by atoms with E-state index in [1.54, 1.807) is 13.4 Å². The summed E-state index contributed by atoms with van der Waals surface area (Å²) in [5, 5.41) is 8.73. The number of amides is 1. The zero-order valence-electron chi connectivity index (χ0n) is 12.0. The highest BCUT2D eigenvalue weighted by Crippen LogP contribution is 2.17. The summed E-state index contributed by atoms with van der Waals surface area (Å²) in [4.78, 5) is 14.2. The number of ether oxygens (including phenoxy) is 1. The molecule has 0 aromatic carbocycles. The summed E-state index contributed by atoms with van der Waals surface area (Å²) in [6, 6.07) is 0. The molecule has 0 aliphatic carbocycles. The molecular weight excluding hydrogens is 276 g/mol. The standard InChI is InChI=1S/C13H22N4O2S/c1-19-9-8-17-11-14-15-13(17)20-10-12(18)16-6-4-2-3-5-7-16/h11H,2-10H2,1H3. The van der Waals surface area contributed by atoms with Gasteiger partial charge in [-0.3, -0.25) is 4.79 Å². The Morgan fingerprint density at radius 1 is 1.35 bits per heavy atom. The number of thioether (sulfide) groups is 1. The summed E-state index contributed by atoms with van der Waals surface area (Å²) in [6.45, 7) is 3.13. The van der Waals surface area contributed by atoms with Gasteiger partial charge in [0.25, 0.3) is 0 Å². The molecule has 1 aliphatic rings. The Bertz CT molecular complexity index is 416. The maximum atomic E-state index is 12.2. The number of methoxy groups -OCH3 is 1. The Kier molecular flexibility index (Phi) is 6.32. The number of hydrogen-bond donors (Lipinski definition) is 0. The van der Waals surface area contributed by atoms with Gasteiger partial charge < -0.3 is 14.2 Å². The highest BCUT2D eigenvalue weighted by Gasteiger charge is 2.16. The van der Waals surface area contributed by atoms with E-state index in [1.807, 2.05) is 9.47 Å². The predicted molar refractivity (Wildman–Crippen MR) is 77.7 cm³/mol. The van der Waals surface area contributed by atoms with Gasteiger partial charge in [0.2, 0.25) is 5.91 Å². The first-order chi connectivity index (χ1) is 9.81. The van der Waals surface area contributed by atoms with Gasteiger partial charge in [0.15, 0.2) is 5.16 Å². The molecule has 7 heteroatoms. The number of nitrogens with zero attached hydrogens (tertiary/aromatic N) is 4. The second kappa shape index (κ2) is 8.26. The summed E-state index contributed by atoms with van der Waals surface area (Å²) >= 11 is 1.46. The minimum Gasteiger partial charge on any atom is -0.383 e. The third-order valence-electron chi connectivity index (χ3n) is 3.40. The van der Waals surface area contributed by atoms with E-state index in [9.17, 15) is 4.79 Å². The van der Waals surface area contributed by atoms with Crippen LogP contribution < -0.4 is 0 Å². The predicted octanol–water partition coefficient (Wildman–Crippen LogP) is 1.42. The molecular formula is C13H22N4O2S. The third kappa shape index (κ3) is 4.49. The Morgan fingerprint density at radius 2 is 2.10 bits per heavy atom. The van der Waals surface area contributed by atoms with Crippen molar-refractivity contribution >= 4 is 17.7 Å². The molecule has 1 fully saturated rings. The van der Waals surface area contributed by atoms with Crippen molar-refractivity contribution in [2.75, 3.05) is 32.6 Å². The maximum Gasteiger partial charge on any atom is 0.233 e. The second-order valence-corrected chi connectivity index (χ2v) is 5.83. The van der Waals surface area contributed by atoms with Crippen molar-refractivity contribution in [3.05, 3.63) is 6.33 Å². The number of rotatable bonds is 6. The van der Waals surface area contributed by atoms with Crippen LogP contribution in [0, 0.1) is 0 Å². The van der Waals surface area contributed by atoms with Crippen LogP contribution >= 0.6 is 11.8 Å². The quantitative estimate of drug-likeness (QED) is 0.743. The largest absolute Gasteiger partial charge is 0.383 e. The minimum absolute atomic E-state index is 0.207. The molecule has 2 heterocycles. The zero-order chi connectivity index (χ0) is 14.2. The van der Waals surface area contributed by atoms with E-state index in [0.717, 1.165) is 31.1 Å². The first-order valence-electron chi connectivity index (χ1n) is 7.08. The summed E-state index contributed by atoms with van der Waals surface area (Å²) < 4.78 is 6.96. The van der Waals surface area contributed by atoms with Gasteiger partial charge in [-0.1, -0.05) is 24.6 Å². The lowest BCUT2D eigenvalue weighted by atomic mass is 10.2. The Balaban J connectivity index is 1.81. The molecule has 1 aromatic rings. The summed E-state index contributed by atoms with van der Waals surface area (Å²) in [5.41, 5.74) is 0. The first kappa shape index (κ1) is 15.3. The van der Waals surface area contributed by atoms with Crippen LogP contribution in [-0.2, 0) is 16.1 Å². The molecule has 0 spiro atoms. The van der Waals surface area contributed by atoms with Crippen LogP contribution in [-0.4, -0.2) is 58.1 Å². The molecule has 6 nitrogen and oxygen atoms in total. The molecule has 1 aliphatic heterocycles. The van der Waals surface area contributed by atoms with Crippen molar-refractivity contribution in [1.82, 2.24) is 19.7 Å². The van der Waals surface area contributed by atoms with Crippen LogP contribution in [0.1, 0.15) is 25.7 Å². The monoisotopic (exact) mass is 298 g/mol. The zero-order valence-corrected chi connectivity index (χ0v) is 12.8. The highest BCUT2D eigenvalue weighted by atomic mass is 32.2. The number of carbonyl (C=O) groups excluding carboxylic acids is 1. The molecule has 0 unspecified atom stereocenters. The average Bonchev–Trinajstić information content (AvgIpc) is 2.73. The molecule has 112 valence electrons. The lowest BCUT2D eigenvalue weighted by Gasteiger charge is -2.19. The molecule has 1 aromatic heterocycles. The Morgan fingerprint density at radius 3 is 2.80 bits per heavy atom. The minimum atomic E-state index is 0.207. The summed E-state index contributed by atoms with van der Waals surface area (Å²) in [5.74, 6) is 0.643. The van der Waals surface area contributed by atoms with E-state index in [-0.39, 0.29) is 5.91 Å². The molecule has 2 rings (SSSR count). The molecule has 1 saturated heterocycles. The molecule has 0 atom stereocenters. The van der Waals surface area contributed by atoms with Crippen molar-refractivity contribution in [2.24, 2.45) is 0 Å².